The predicted molar refractivity (Wildman–Crippen MR) is 80.1 cm³/mol. The van der Waals surface area contributed by atoms with E-state index < -0.39 is 5.97 Å². The number of urea groups is 1. The first kappa shape index (κ1) is 16.9. The maximum atomic E-state index is 12.4. The Morgan fingerprint density at radius 2 is 1.86 bits per heavy atom. The second-order valence-corrected chi connectivity index (χ2v) is 5.24. The molecule has 2 amide bonds. The molecule has 0 saturated heterocycles. The molecule has 0 aliphatic carbocycles. The molecule has 0 aromatic carbocycles. The molecule has 0 aliphatic rings. The normalized spacial score (nSPS) is 10.5. The predicted octanol–water partition coefficient (Wildman–Crippen LogP) is 1.86. The van der Waals surface area contributed by atoms with Crippen LogP contribution in [0.5, 0.6) is 0 Å². The van der Waals surface area contributed by atoms with E-state index in [1.54, 1.807) is 29.2 Å². The van der Waals surface area contributed by atoms with Crippen molar-refractivity contribution in [3.8, 4) is 0 Å². The van der Waals surface area contributed by atoms with Crippen molar-refractivity contribution in [1.82, 2.24) is 14.8 Å². The van der Waals surface area contributed by atoms with Crippen LogP contribution in [-0.2, 0) is 11.2 Å². The van der Waals surface area contributed by atoms with E-state index in [-0.39, 0.29) is 25.0 Å². The summed E-state index contributed by atoms with van der Waals surface area (Å²) in [6.07, 6.45) is 4.16. The summed E-state index contributed by atoms with van der Waals surface area (Å²) in [5, 5.41) is 8.76. The van der Waals surface area contributed by atoms with Crippen LogP contribution in [0.3, 0.4) is 0 Å². The Hall–Kier alpha value is -2.11. The highest BCUT2D eigenvalue weighted by Crippen LogP contribution is 2.06. The van der Waals surface area contributed by atoms with Gasteiger partial charge in [0.05, 0.1) is 6.42 Å². The Bertz CT molecular complexity index is 462. The van der Waals surface area contributed by atoms with Crippen LogP contribution in [0.15, 0.2) is 24.5 Å². The summed E-state index contributed by atoms with van der Waals surface area (Å²) < 4.78 is 0. The Labute approximate surface area is 125 Å². The zero-order chi connectivity index (χ0) is 15.8. The Morgan fingerprint density at radius 3 is 2.38 bits per heavy atom. The van der Waals surface area contributed by atoms with E-state index in [1.807, 2.05) is 26.0 Å². The largest absolute Gasteiger partial charge is 0.481 e. The molecule has 0 aliphatic heterocycles. The molecular formula is C15H23N3O3. The Morgan fingerprint density at radius 1 is 1.24 bits per heavy atom. The number of pyridine rings is 1. The van der Waals surface area contributed by atoms with Gasteiger partial charge in [-0.1, -0.05) is 0 Å². The second-order valence-electron chi connectivity index (χ2n) is 5.24. The van der Waals surface area contributed by atoms with Crippen LogP contribution >= 0.6 is 0 Å². The van der Waals surface area contributed by atoms with Crippen molar-refractivity contribution in [1.29, 1.82) is 0 Å². The average molecular weight is 293 g/mol. The minimum absolute atomic E-state index is 0.0276. The molecule has 6 heteroatoms. The van der Waals surface area contributed by atoms with Crippen molar-refractivity contribution >= 4 is 12.0 Å². The van der Waals surface area contributed by atoms with Gasteiger partial charge in [-0.3, -0.25) is 9.78 Å². The number of aliphatic carboxylic acids is 1. The van der Waals surface area contributed by atoms with Gasteiger partial charge in [0.15, 0.2) is 0 Å². The monoisotopic (exact) mass is 293 g/mol. The van der Waals surface area contributed by atoms with E-state index in [1.165, 1.54) is 0 Å². The third-order valence-electron chi connectivity index (χ3n) is 3.25. The molecule has 1 rings (SSSR count). The number of carboxylic acid groups (broad SMARTS) is 1. The number of aromatic nitrogens is 1. The highest BCUT2D eigenvalue weighted by Gasteiger charge is 2.21. The molecule has 21 heavy (non-hydrogen) atoms. The van der Waals surface area contributed by atoms with Gasteiger partial charge >= 0.3 is 12.0 Å². The number of amides is 2. The summed E-state index contributed by atoms with van der Waals surface area (Å²) in [6.45, 7) is 4.58. The van der Waals surface area contributed by atoms with Gasteiger partial charge in [-0.25, -0.2) is 4.79 Å². The summed E-state index contributed by atoms with van der Waals surface area (Å²) in [5.74, 6) is -0.895. The van der Waals surface area contributed by atoms with Crippen molar-refractivity contribution in [2.75, 3.05) is 20.1 Å². The molecule has 0 bridgehead atoms. The molecule has 0 fully saturated rings. The van der Waals surface area contributed by atoms with Crippen molar-refractivity contribution in [3.05, 3.63) is 30.1 Å². The highest BCUT2D eigenvalue weighted by molar-refractivity contribution is 5.75. The Kier molecular flexibility index (Phi) is 6.65. The zero-order valence-corrected chi connectivity index (χ0v) is 12.8. The summed E-state index contributed by atoms with van der Waals surface area (Å²) in [7, 11) is 1.74. The van der Waals surface area contributed by atoms with E-state index in [4.69, 9.17) is 5.11 Å². The van der Waals surface area contributed by atoms with Crippen LogP contribution in [-0.4, -0.2) is 58.1 Å². The minimum atomic E-state index is -0.895. The number of nitrogens with zero attached hydrogens (tertiary/aromatic N) is 3. The zero-order valence-electron chi connectivity index (χ0n) is 12.8. The van der Waals surface area contributed by atoms with Crippen molar-refractivity contribution in [2.45, 2.75) is 32.7 Å². The van der Waals surface area contributed by atoms with Crippen LogP contribution in [0.4, 0.5) is 4.79 Å². The molecule has 1 N–H and O–H groups in total. The molecule has 6 nitrogen and oxygen atoms in total. The fraction of sp³-hybridized carbons (Fsp3) is 0.533. The molecule has 0 spiro atoms. The molecule has 0 saturated carbocycles. The molecular weight excluding hydrogens is 270 g/mol. The minimum Gasteiger partial charge on any atom is -0.481 e. The highest BCUT2D eigenvalue weighted by atomic mass is 16.4. The van der Waals surface area contributed by atoms with E-state index in [9.17, 15) is 9.59 Å². The standard InChI is InChI=1S/C15H23N3O3/c1-12(2)18(11-7-14(19)20)15(21)17(3)10-6-13-4-8-16-9-5-13/h4-5,8-9,12H,6-7,10-11H2,1-3H3,(H,19,20). The topological polar surface area (TPSA) is 73.7 Å². The number of hydrogen-bond donors (Lipinski definition) is 1. The van der Waals surface area contributed by atoms with Crippen molar-refractivity contribution in [3.63, 3.8) is 0 Å². The van der Waals surface area contributed by atoms with E-state index in [0.29, 0.717) is 6.54 Å². The molecule has 1 heterocycles. The number of rotatable bonds is 7. The summed E-state index contributed by atoms with van der Waals surface area (Å²) in [6, 6.07) is 3.67. The number of carbonyl (C=O) groups is 2. The fourth-order valence-corrected chi connectivity index (χ4v) is 1.95. The molecule has 1 aromatic rings. The van der Waals surface area contributed by atoms with Gasteiger partial charge in [0.1, 0.15) is 0 Å². The number of carboxylic acids is 1. The Balaban J connectivity index is 2.55. The van der Waals surface area contributed by atoms with Gasteiger partial charge in [0.25, 0.3) is 0 Å². The van der Waals surface area contributed by atoms with Gasteiger partial charge in [-0.15, -0.1) is 0 Å². The second kappa shape index (κ2) is 8.24. The van der Waals surface area contributed by atoms with Crippen LogP contribution in [0.25, 0.3) is 0 Å². The number of carbonyl (C=O) groups excluding carboxylic acids is 1. The number of likely N-dealkylation sites (N-methyl/N-ethyl adjacent to an activating group) is 1. The fourth-order valence-electron chi connectivity index (χ4n) is 1.95. The molecule has 0 atom stereocenters. The van der Waals surface area contributed by atoms with Crippen LogP contribution in [0.2, 0.25) is 0 Å². The quantitative estimate of drug-likeness (QED) is 0.832. The van der Waals surface area contributed by atoms with Crippen molar-refractivity contribution < 1.29 is 14.7 Å². The maximum absolute atomic E-state index is 12.4. The summed E-state index contributed by atoms with van der Waals surface area (Å²) in [5.41, 5.74) is 1.12. The third-order valence-corrected chi connectivity index (χ3v) is 3.25. The molecule has 0 unspecified atom stereocenters. The lowest BCUT2D eigenvalue weighted by Gasteiger charge is -2.31. The maximum Gasteiger partial charge on any atom is 0.319 e. The SMILES string of the molecule is CC(C)N(CCC(=O)O)C(=O)N(C)CCc1ccncc1. The van der Waals surface area contributed by atoms with Gasteiger partial charge in [0.2, 0.25) is 0 Å². The van der Waals surface area contributed by atoms with Gasteiger partial charge in [0, 0.05) is 38.6 Å². The first-order valence-electron chi connectivity index (χ1n) is 7.04. The van der Waals surface area contributed by atoms with E-state index in [0.717, 1.165) is 12.0 Å². The van der Waals surface area contributed by atoms with E-state index >= 15 is 0 Å². The van der Waals surface area contributed by atoms with Gasteiger partial charge < -0.3 is 14.9 Å². The van der Waals surface area contributed by atoms with Crippen LogP contribution in [0, 0.1) is 0 Å². The van der Waals surface area contributed by atoms with Gasteiger partial charge in [-0.05, 0) is 38.0 Å². The van der Waals surface area contributed by atoms with Crippen molar-refractivity contribution in [2.24, 2.45) is 0 Å². The third kappa shape index (κ3) is 5.81. The summed E-state index contributed by atoms with van der Waals surface area (Å²) >= 11 is 0. The lowest BCUT2D eigenvalue weighted by molar-refractivity contribution is -0.137. The lowest BCUT2D eigenvalue weighted by atomic mass is 10.2. The van der Waals surface area contributed by atoms with Gasteiger partial charge in [-0.2, -0.15) is 0 Å². The molecule has 0 radical (unpaired) electrons. The lowest BCUT2D eigenvalue weighted by Crippen LogP contribution is -2.46. The average Bonchev–Trinajstić information content (AvgIpc) is 2.45. The number of hydrogen-bond acceptors (Lipinski definition) is 3. The van der Waals surface area contributed by atoms with Crippen LogP contribution in [0.1, 0.15) is 25.8 Å². The van der Waals surface area contributed by atoms with Crippen LogP contribution < -0.4 is 0 Å². The molecule has 1 aromatic heterocycles. The first-order chi connectivity index (χ1) is 9.91. The van der Waals surface area contributed by atoms with E-state index in [2.05, 4.69) is 4.98 Å². The smallest absolute Gasteiger partial charge is 0.319 e. The summed E-state index contributed by atoms with van der Waals surface area (Å²) in [4.78, 5) is 30.2. The molecule has 116 valence electrons. The first-order valence-corrected chi connectivity index (χ1v) is 7.04.